The van der Waals surface area contributed by atoms with Crippen LogP contribution >= 0.6 is 15.9 Å². The van der Waals surface area contributed by atoms with Crippen LogP contribution in [0.1, 0.15) is 27.2 Å². The summed E-state index contributed by atoms with van der Waals surface area (Å²) in [6.07, 6.45) is 1.36. The zero-order valence-electron chi connectivity index (χ0n) is 16.3. The van der Waals surface area contributed by atoms with Crippen molar-refractivity contribution >= 4 is 34.0 Å². The summed E-state index contributed by atoms with van der Waals surface area (Å²) in [5, 5.41) is 12.9. The lowest BCUT2D eigenvalue weighted by atomic mass is 10.1. The van der Waals surface area contributed by atoms with Gasteiger partial charge in [-0.2, -0.15) is 5.10 Å². The van der Waals surface area contributed by atoms with Crippen molar-refractivity contribution in [2.24, 2.45) is 5.10 Å². The van der Waals surface area contributed by atoms with Gasteiger partial charge in [0.05, 0.1) is 11.8 Å². The Kier molecular flexibility index (Phi) is 6.68. The van der Waals surface area contributed by atoms with Gasteiger partial charge in [-0.05, 0) is 61.4 Å². The number of nitrogens with one attached hydrogen (secondary N) is 1. The normalized spacial score (nSPS) is 10.9. The summed E-state index contributed by atoms with van der Waals surface area (Å²) in [5.74, 6) is 0.149. The van der Waals surface area contributed by atoms with Crippen LogP contribution in [0.5, 0.6) is 5.75 Å². The number of hydrogen-bond donors (Lipinski definition) is 2. The van der Waals surface area contributed by atoms with E-state index in [-0.39, 0.29) is 12.2 Å². The lowest BCUT2D eigenvalue weighted by molar-refractivity contribution is -0.123. The largest absolute Gasteiger partial charge is 0.483 e. The van der Waals surface area contributed by atoms with Gasteiger partial charge in [0.15, 0.2) is 6.61 Å². The molecule has 1 aromatic heterocycles. The molecule has 30 heavy (non-hydrogen) atoms. The van der Waals surface area contributed by atoms with Crippen LogP contribution in [0.25, 0.3) is 11.3 Å². The number of carbonyl (C=O) groups excluding carboxylic acids is 1. The molecule has 0 spiro atoms. The molecule has 0 saturated carbocycles. The maximum atomic E-state index is 12.0. The van der Waals surface area contributed by atoms with Crippen LogP contribution in [-0.2, 0) is 4.79 Å². The molecule has 2 aromatic carbocycles. The predicted octanol–water partition coefficient (Wildman–Crippen LogP) is 4.55. The SMILES string of the molecule is Cc1cc(Br)cc(C)c1OCC(=O)N/N=C\c1ccc(-c2cccc(C(=O)O)c2)o1. The third-order valence-corrected chi connectivity index (χ3v) is 4.63. The lowest BCUT2D eigenvalue weighted by Crippen LogP contribution is -2.25. The first kappa shape index (κ1) is 21.3. The van der Waals surface area contributed by atoms with Crippen LogP contribution in [0.3, 0.4) is 0 Å². The second-order valence-corrected chi connectivity index (χ2v) is 7.45. The molecule has 0 saturated heterocycles. The number of hydrazone groups is 1. The van der Waals surface area contributed by atoms with Crippen molar-refractivity contribution < 1.29 is 23.8 Å². The number of carboxylic acids is 1. The van der Waals surface area contributed by atoms with Crippen molar-refractivity contribution in [1.82, 2.24) is 5.43 Å². The van der Waals surface area contributed by atoms with Crippen molar-refractivity contribution in [1.29, 1.82) is 0 Å². The summed E-state index contributed by atoms with van der Waals surface area (Å²) < 4.78 is 12.2. The van der Waals surface area contributed by atoms with Crippen LogP contribution in [0.2, 0.25) is 0 Å². The fourth-order valence-electron chi connectivity index (χ4n) is 2.85. The number of aryl methyl sites for hydroxylation is 2. The standard InChI is InChI=1S/C22H19BrN2O5/c1-13-8-17(23)9-14(2)21(13)29-12-20(26)25-24-11-18-6-7-19(30-18)15-4-3-5-16(10-15)22(27)28/h3-11H,12H2,1-2H3,(H,25,26)(H,27,28)/b24-11-. The molecular formula is C22H19BrN2O5. The summed E-state index contributed by atoms with van der Waals surface area (Å²) >= 11 is 3.42. The maximum absolute atomic E-state index is 12.0. The molecule has 0 aliphatic rings. The number of aromatic carboxylic acids is 1. The lowest BCUT2D eigenvalue weighted by Gasteiger charge is -2.11. The molecule has 1 heterocycles. The molecule has 0 bridgehead atoms. The summed E-state index contributed by atoms with van der Waals surface area (Å²) in [4.78, 5) is 23.1. The number of hydrogen-bond acceptors (Lipinski definition) is 5. The maximum Gasteiger partial charge on any atom is 0.335 e. The Balaban J connectivity index is 1.57. The average Bonchev–Trinajstić information content (AvgIpc) is 3.16. The fraction of sp³-hybridized carbons (Fsp3) is 0.136. The third-order valence-electron chi connectivity index (χ3n) is 4.17. The van der Waals surface area contributed by atoms with E-state index in [4.69, 9.17) is 14.3 Å². The minimum atomic E-state index is -1.01. The first-order chi connectivity index (χ1) is 14.3. The monoisotopic (exact) mass is 470 g/mol. The molecule has 7 nitrogen and oxygen atoms in total. The number of furan rings is 1. The number of halogens is 1. The van der Waals surface area contributed by atoms with E-state index in [2.05, 4.69) is 26.5 Å². The van der Waals surface area contributed by atoms with Gasteiger partial charge >= 0.3 is 5.97 Å². The predicted molar refractivity (Wildman–Crippen MR) is 116 cm³/mol. The minimum Gasteiger partial charge on any atom is -0.483 e. The molecular weight excluding hydrogens is 452 g/mol. The Morgan fingerprint density at radius 2 is 1.90 bits per heavy atom. The van der Waals surface area contributed by atoms with E-state index in [1.165, 1.54) is 18.3 Å². The molecule has 0 aliphatic carbocycles. The van der Waals surface area contributed by atoms with Crippen molar-refractivity contribution in [3.05, 3.63) is 75.5 Å². The van der Waals surface area contributed by atoms with Crippen molar-refractivity contribution in [3.63, 3.8) is 0 Å². The van der Waals surface area contributed by atoms with Crippen molar-refractivity contribution in [2.45, 2.75) is 13.8 Å². The highest BCUT2D eigenvalue weighted by Crippen LogP contribution is 2.27. The van der Waals surface area contributed by atoms with E-state index >= 15 is 0 Å². The van der Waals surface area contributed by atoms with Crippen LogP contribution in [0, 0.1) is 13.8 Å². The molecule has 0 fully saturated rings. The average molecular weight is 471 g/mol. The van der Waals surface area contributed by atoms with Crippen LogP contribution in [0.15, 0.2) is 62.5 Å². The molecule has 0 unspecified atom stereocenters. The Hall–Kier alpha value is -3.39. The van der Waals surface area contributed by atoms with Gasteiger partial charge in [0.1, 0.15) is 17.3 Å². The van der Waals surface area contributed by atoms with Crippen molar-refractivity contribution in [3.8, 4) is 17.1 Å². The van der Waals surface area contributed by atoms with Gasteiger partial charge in [-0.15, -0.1) is 0 Å². The summed E-state index contributed by atoms with van der Waals surface area (Å²) in [6, 6.07) is 13.6. The van der Waals surface area contributed by atoms with Crippen molar-refractivity contribution in [2.75, 3.05) is 6.61 Å². The van der Waals surface area contributed by atoms with Gasteiger partial charge in [-0.1, -0.05) is 28.1 Å². The molecule has 8 heteroatoms. The zero-order chi connectivity index (χ0) is 21.7. The number of ether oxygens (including phenoxy) is 1. The van der Waals surface area contributed by atoms with E-state index < -0.39 is 11.9 Å². The Labute approximate surface area is 181 Å². The second-order valence-electron chi connectivity index (χ2n) is 6.54. The van der Waals surface area contributed by atoms with Gasteiger partial charge in [0, 0.05) is 10.0 Å². The van der Waals surface area contributed by atoms with Gasteiger partial charge in [0.2, 0.25) is 0 Å². The molecule has 2 N–H and O–H groups in total. The molecule has 0 radical (unpaired) electrons. The molecule has 0 atom stereocenters. The molecule has 0 aliphatic heterocycles. The summed E-state index contributed by atoms with van der Waals surface area (Å²) in [7, 11) is 0. The topological polar surface area (TPSA) is 101 Å². The zero-order valence-corrected chi connectivity index (χ0v) is 17.9. The van der Waals surface area contributed by atoms with Crippen LogP contribution < -0.4 is 10.2 Å². The van der Waals surface area contributed by atoms with Gasteiger partial charge in [-0.3, -0.25) is 4.79 Å². The number of carboxylic acid groups (broad SMARTS) is 1. The Bertz CT molecular complexity index is 1100. The number of rotatable bonds is 7. The van der Waals surface area contributed by atoms with E-state index in [9.17, 15) is 9.59 Å². The van der Waals surface area contributed by atoms with E-state index in [0.717, 1.165) is 15.6 Å². The fourth-order valence-corrected chi connectivity index (χ4v) is 3.53. The number of nitrogens with zero attached hydrogens (tertiary/aromatic N) is 1. The molecule has 3 rings (SSSR count). The molecule has 154 valence electrons. The van der Waals surface area contributed by atoms with E-state index in [1.54, 1.807) is 24.3 Å². The minimum absolute atomic E-state index is 0.169. The van der Waals surface area contributed by atoms with E-state index in [1.807, 2.05) is 26.0 Å². The van der Waals surface area contributed by atoms with E-state index in [0.29, 0.717) is 22.8 Å². The summed E-state index contributed by atoms with van der Waals surface area (Å²) in [6.45, 7) is 3.64. The third kappa shape index (κ3) is 5.36. The molecule has 1 amide bonds. The first-order valence-corrected chi connectivity index (χ1v) is 9.78. The van der Waals surface area contributed by atoms with Gasteiger partial charge in [0.25, 0.3) is 5.91 Å². The van der Waals surface area contributed by atoms with Gasteiger partial charge in [-0.25, -0.2) is 10.2 Å². The molecule has 3 aromatic rings. The van der Waals surface area contributed by atoms with Gasteiger partial charge < -0.3 is 14.3 Å². The quantitative estimate of drug-likeness (QED) is 0.389. The highest BCUT2D eigenvalue weighted by molar-refractivity contribution is 9.10. The first-order valence-electron chi connectivity index (χ1n) is 8.98. The highest BCUT2D eigenvalue weighted by atomic mass is 79.9. The smallest absolute Gasteiger partial charge is 0.335 e. The number of amides is 1. The van der Waals surface area contributed by atoms with Crippen LogP contribution in [-0.4, -0.2) is 29.8 Å². The number of benzene rings is 2. The van der Waals surface area contributed by atoms with Crippen LogP contribution in [0.4, 0.5) is 0 Å². The highest BCUT2D eigenvalue weighted by Gasteiger charge is 2.09. The summed E-state index contributed by atoms with van der Waals surface area (Å²) in [5.41, 5.74) is 5.03. The Morgan fingerprint density at radius 3 is 2.60 bits per heavy atom. The second kappa shape index (κ2) is 9.41. The number of carbonyl (C=O) groups is 2. The Morgan fingerprint density at radius 1 is 1.17 bits per heavy atom.